The Morgan fingerprint density at radius 1 is 1.31 bits per heavy atom. The molecule has 1 aliphatic heterocycles. The lowest BCUT2D eigenvalue weighted by Crippen LogP contribution is -2.36. The number of hydrogen-bond acceptors (Lipinski definition) is 1. The fraction of sp³-hybridized carbons (Fsp3) is 0.455. The Hall–Kier alpha value is -0.530. The Balaban J connectivity index is 2.10. The lowest BCUT2D eigenvalue weighted by Gasteiger charge is -2.30. The van der Waals surface area contributed by atoms with Crippen LogP contribution in [0.3, 0.4) is 0 Å². The average Bonchev–Trinajstić information content (AvgIpc) is 1.95. The second-order valence-electron chi connectivity index (χ2n) is 3.77. The highest BCUT2D eigenvalue weighted by Gasteiger charge is 2.13. The van der Waals surface area contributed by atoms with Gasteiger partial charge >= 0.3 is 0 Å². The van der Waals surface area contributed by atoms with Crippen LogP contribution in [-0.2, 0) is 6.54 Å². The number of aryl methyl sites for hydroxylation is 1. The van der Waals surface area contributed by atoms with Gasteiger partial charge in [-0.1, -0.05) is 17.7 Å². The third kappa shape index (κ3) is 2.23. The SMILES string of the molecule is Cc1cc(Cl)cc(CN2CCC2)c1. The van der Waals surface area contributed by atoms with Crippen LogP contribution in [0.1, 0.15) is 17.5 Å². The van der Waals surface area contributed by atoms with Gasteiger partial charge in [0.1, 0.15) is 0 Å². The van der Waals surface area contributed by atoms with Crippen LogP contribution in [0.25, 0.3) is 0 Å². The molecule has 1 aromatic carbocycles. The fourth-order valence-electron chi connectivity index (χ4n) is 1.70. The highest BCUT2D eigenvalue weighted by Crippen LogP contribution is 2.18. The Labute approximate surface area is 84.3 Å². The van der Waals surface area contributed by atoms with Gasteiger partial charge in [0.25, 0.3) is 0 Å². The van der Waals surface area contributed by atoms with E-state index < -0.39 is 0 Å². The molecule has 0 aromatic heterocycles. The zero-order valence-corrected chi connectivity index (χ0v) is 8.64. The summed E-state index contributed by atoms with van der Waals surface area (Å²) in [4.78, 5) is 2.44. The summed E-state index contributed by atoms with van der Waals surface area (Å²) >= 11 is 5.98. The third-order valence-corrected chi connectivity index (χ3v) is 2.67. The summed E-state index contributed by atoms with van der Waals surface area (Å²) < 4.78 is 0. The molecule has 0 spiro atoms. The van der Waals surface area contributed by atoms with E-state index in [0.29, 0.717) is 0 Å². The van der Waals surface area contributed by atoms with E-state index in [2.05, 4.69) is 24.0 Å². The maximum Gasteiger partial charge on any atom is 0.0411 e. The zero-order chi connectivity index (χ0) is 9.26. The Bertz CT molecular complexity index is 285. The maximum absolute atomic E-state index is 5.98. The van der Waals surface area contributed by atoms with Gasteiger partial charge in [-0.2, -0.15) is 0 Å². The predicted octanol–water partition coefficient (Wildman–Crippen LogP) is 2.85. The highest BCUT2D eigenvalue weighted by atomic mass is 35.5. The van der Waals surface area contributed by atoms with Crippen molar-refractivity contribution in [3.63, 3.8) is 0 Å². The third-order valence-electron chi connectivity index (χ3n) is 2.46. The first-order chi connectivity index (χ1) is 6.24. The lowest BCUT2D eigenvalue weighted by molar-refractivity contribution is 0.172. The van der Waals surface area contributed by atoms with Crippen LogP contribution >= 0.6 is 11.6 Å². The van der Waals surface area contributed by atoms with Crippen LogP contribution in [0.2, 0.25) is 5.02 Å². The van der Waals surface area contributed by atoms with Gasteiger partial charge in [0.05, 0.1) is 0 Å². The number of halogens is 1. The van der Waals surface area contributed by atoms with Crippen LogP contribution in [-0.4, -0.2) is 18.0 Å². The van der Waals surface area contributed by atoms with E-state index in [0.717, 1.165) is 11.6 Å². The normalized spacial score (nSPS) is 17.1. The molecule has 2 heteroatoms. The summed E-state index contributed by atoms with van der Waals surface area (Å²) in [5, 5.41) is 0.857. The summed E-state index contributed by atoms with van der Waals surface area (Å²) in [5.74, 6) is 0. The molecule has 1 aliphatic rings. The van der Waals surface area contributed by atoms with Crippen LogP contribution in [0.5, 0.6) is 0 Å². The van der Waals surface area contributed by atoms with Gasteiger partial charge in [0.15, 0.2) is 0 Å². The fourth-order valence-corrected chi connectivity index (χ4v) is 2.01. The molecule has 0 amide bonds. The van der Waals surface area contributed by atoms with Crippen molar-refractivity contribution < 1.29 is 0 Å². The van der Waals surface area contributed by atoms with Crippen molar-refractivity contribution in [2.75, 3.05) is 13.1 Å². The van der Waals surface area contributed by atoms with Crippen LogP contribution in [0.15, 0.2) is 18.2 Å². The molecule has 0 saturated carbocycles. The minimum Gasteiger partial charge on any atom is -0.299 e. The van der Waals surface area contributed by atoms with E-state index in [-0.39, 0.29) is 0 Å². The van der Waals surface area contributed by atoms with E-state index in [9.17, 15) is 0 Å². The van der Waals surface area contributed by atoms with Crippen molar-refractivity contribution in [3.05, 3.63) is 34.3 Å². The van der Waals surface area contributed by atoms with E-state index in [1.54, 1.807) is 0 Å². The molecular formula is C11H14ClN. The summed E-state index contributed by atoms with van der Waals surface area (Å²) in [6.07, 6.45) is 1.35. The van der Waals surface area contributed by atoms with E-state index in [1.807, 2.05) is 6.07 Å². The summed E-state index contributed by atoms with van der Waals surface area (Å²) in [6.45, 7) is 5.63. The van der Waals surface area contributed by atoms with Gasteiger partial charge in [-0.3, -0.25) is 4.90 Å². The monoisotopic (exact) mass is 195 g/mol. The van der Waals surface area contributed by atoms with E-state index in [4.69, 9.17) is 11.6 Å². The Morgan fingerprint density at radius 3 is 2.62 bits per heavy atom. The maximum atomic E-state index is 5.98. The second kappa shape index (κ2) is 3.69. The molecule has 0 atom stereocenters. The first-order valence-electron chi connectivity index (χ1n) is 4.72. The first-order valence-corrected chi connectivity index (χ1v) is 5.10. The molecule has 0 radical (unpaired) electrons. The highest BCUT2D eigenvalue weighted by molar-refractivity contribution is 6.30. The van der Waals surface area contributed by atoms with Gasteiger partial charge in [0.2, 0.25) is 0 Å². The average molecular weight is 196 g/mol. The number of hydrogen-bond donors (Lipinski definition) is 0. The smallest absolute Gasteiger partial charge is 0.0411 e. The molecule has 1 nitrogen and oxygen atoms in total. The number of rotatable bonds is 2. The van der Waals surface area contributed by atoms with Crippen LogP contribution < -0.4 is 0 Å². The molecule has 1 fully saturated rings. The molecule has 1 heterocycles. The Kier molecular flexibility index (Phi) is 2.56. The summed E-state index contributed by atoms with van der Waals surface area (Å²) in [6, 6.07) is 6.28. The minimum atomic E-state index is 0.857. The van der Waals surface area contributed by atoms with Gasteiger partial charge < -0.3 is 0 Å². The summed E-state index contributed by atoms with van der Waals surface area (Å²) in [5.41, 5.74) is 2.59. The zero-order valence-electron chi connectivity index (χ0n) is 7.89. The van der Waals surface area contributed by atoms with Gasteiger partial charge in [-0.25, -0.2) is 0 Å². The van der Waals surface area contributed by atoms with Crippen molar-refractivity contribution in [2.24, 2.45) is 0 Å². The number of benzene rings is 1. The molecule has 1 saturated heterocycles. The molecule has 2 rings (SSSR count). The van der Waals surface area contributed by atoms with Crippen molar-refractivity contribution in [2.45, 2.75) is 19.9 Å². The lowest BCUT2D eigenvalue weighted by atomic mass is 10.1. The quantitative estimate of drug-likeness (QED) is 0.702. The molecular weight excluding hydrogens is 182 g/mol. The van der Waals surface area contributed by atoms with Crippen molar-refractivity contribution in [1.82, 2.24) is 4.90 Å². The Morgan fingerprint density at radius 2 is 2.08 bits per heavy atom. The topological polar surface area (TPSA) is 3.24 Å². The molecule has 0 bridgehead atoms. The largest absolute Gasteiger partial charge is 0.299 e. The van der Waals surface area contributed by atoms with Gasteiger partial charge in [-0.15, -0.1) is 0 Å². The standard InChI is InChI=1S/C11H14ClN/c1-9-5-10(7-11(12)6-9)8-13-3-2-4-13/h5-7H,2-4,8H2,1H3. The summed E-state index contributed by atoms with van der Waals surface area (Å²) in [7, 11) is 0. The van der Waals surface area contributed by atoms with Gasteiger partial charge in [-0.05, 0) is 49.7 Å². The van der Waals surface area contributed by atoms with Crippen molar-refractivity contribution in [3.8, 4) is 0 Å². The molecule has 0 N–H and O–H groups in total. The first kappa shape index (κ1) is 9.04. The molecule has 70 valence electrons. The molecule has 0 aliphatic carbocycles. The molecule has 1 aromatic rings. The van der Waals surface area contributed by atoms with E-state index in [1.165, 1.54) is 30.6 Å². The predicted molar refractivity (Wildman–Crippen MR) is 56.1 cm³/mol. The minimum absolute atomic E-state index is 0.857. The molecule has 0 unspecified atom stereocenters. The van der Waals surface area contributed by atoms with Crippen molar-refractivity contribution in [1.29, 1.82) is 0 Å². The van der Waals surface area contributed by atoms with Crippen LogP contribution in [0.4, 0.5) is 0 Å². The second-order valence-corrected chi connectivity index (χ2v) is 4.20. The molecule has 13 heavy (non-hydrogen) atoms. The number of nitrogens with zero attached hydrogens (tertiary/aromatic N) is 1. The number of likely N-dealkylation sites (tertiary alicyclic amines) is 1. The van der Waals surface area contributed by atoms with Crippen LogP contribution in [0, 0.1) is 6.92 Å². The van der Waals surface area contributed by atoms with E-state index >= 15 is 0 Å². The van der Waals surface area contributed by atoms with Crippen molar-refractivity contribution >= 4 is 11.6 Å². The van der Waals surface area contributed by atoms with Gasteiger partial charge in [0, 0.05) is 11.6 Å².